The zero-order chi connectivity index (χ0) is 14.1. The molecule has 1 heterocycles. The molecule has 1 fully saturated rings. The van der Waals surface area contributed by atoms with Gasteiger partial charge in [0.25, 0.3) is 0 Å². The van der Waals surface area contributed by atoms with Crippen molar-refractivity contribution >= 4 is 27.5 Å². The average molecular weight is 332 g/mol. The highest BCUT2D eigenvalue weighted by molar-refractivity contribution is 9.10. The van der Waals surface area contributed by atoms with Crippen molar-refractivity contribution in [3.63, 3.8) is 0 Å². The van der Waals surface area contributed by atoms with Gasteiger partial charge in [-0.1, -0.05) is 46.3 Å². The molecule has 0 spiro atoms. The summed E-state index contributed by atoms with van der Waals surface area (Å²) in [4.78, 5) is 14.0. The first-order valence-corrected chi connectivity index (χ1v) is 7.28. The average Bonchev–Trinajstić information content (AvgIpc) is 2.76. The SMILES string of the molecule is O=C1C(c2ccccc2)CC(O)N1c1ccc(Br)cc1. The second-order valence-corrected chi connectivity index (χ2v) is 5.78. The van der Waals surface area contributed by atoms with E-state index >= 15 is 0 Å². The highest BCUT2D eigenvalue weighted by Gasteiger charge is 2.40. The lowest BCUT2D eigenvalue weighted by atomic mass is 9.97. The number of carbonyl (C=O) groups excluding carboxylic acids is 1. The van der Waals surface area contributed by atoms with E-state index in [0.717, 1.165) is 15.7 Å². The summed E-state index contributed by atoms with van der Waals surface area (Å²) < 4.78 is 0.946. The third-order valence-corrected chi connectivity index (χ3v) is 4.12. The summed E-state index contributed by atoms with van der Waals surface area (Å²) in [6.45, 7) is 0. The molecule has 0 radical (unpaired) electrons. The van der Waals surface area contributed by atoms with Gasteiger partial charge in [0.15, 0.2) is 0 Å². The van der Waals surface area contributed by atoms with Crippen LogP contribution >= 0.6 is 15.9 Å². The van der Waals surface area contributed by atoms with Crippen LogP contribution in [-0.4, -0.2) is 17.2 Å². The Bertz CT molecular complexity index is 612. The fraction of sp³-hybridized carbons (Fsp3) is 0.188. The predicted octanol–water partition coefficient (Wildman–Crippen LogP) is 3.29. The zero-order valence-corrected chi connectivity index (χ0v) is 12.3. The van der Waals surface area contributed by atoms with Gasteiger partial charge in [0.05, 0.1) is 5.92 Å². The van der Waals surface area contributed by atoms with E-state index in [2.05, 4.69) is 15.9 Å². The number of nitrogens with zero attached hydrogens (tertiary/aromatic N) is 1. The second kappa shape index (κ2) is 5.38. The van der Waals surface area contributed by atoms with Crippen molar-refractivity contribution < 1.29 is 9.90 Å². The topological polar surface area (TPSA) is 40.5 Å². The van der Waals surface area contributed by atoms with Gasteiger partial charge in [-0.05, 0) is 29.8 Å². The van der Waals surface area contributed by atoms with Crippen LogP contribution in [0.3, 0.4) is 0 Å². The van der Waals surface area contributed by atoms with Gasteiger partial charge < -0.3 is 5.11 Å². The normalized spacial score (nSPS) is 22.3. The van der Waals surface area contributed by atoms with E-state index in [1.54, 1.807) is 0 Å². The van der Waals surface area contributed by atoms with Gasteiger partial charge in [0.1, 0.15) is 6.23 Å². The summed E-state index contributed by atoms with van der Waals surface area (Å²) in [5.74, 6) is -0.319. The van der Waals surface area contributed by atoms with Crippen molar-refractivity contribution in [2.45, 2.75) is 18.6 Å². The smallest absolute Gasteiger partial charge is 0.236 e. The number of benzene rings is 2. The highest BCUT2D eigenvalue weighted by atomic mass is 79.9. The molecule has 0 aliphatic carbocycles. The summed E-state index contributed by atoms with van der Waals surface area (Å²) in [7, 11) is 0. The molecule has 0 bridgehead atoms. The summed E-state index contributed by atoms with van der Waals surface area (Å²) in [6, 6.07) is 17.0. The maximum absolute atomic E-state index is 12.6. The number of rotatable bonds is 2. The Morgan fingerprint density at radius 3 is 2.35 bits per heavy atom. The Morgan fingerprint density at radius 1 is 1.05 bits per heavy atom. The van der Waals surface area contributed by atoms with Gasteiger partial charge in [-0.3, -0.25) is 9.69 Å². The fourth-order valence-electron chi connectivity index (χ4n) is 2.60. The third kappa shape index (κ3) is 2.37. The molecule has 1 aliphatic rings. The van der Waals surface area contributed by atoms with Crippen molar-refractivity contribution in [3.8, 4) is 0 Å². The molecule has 2 unspecified atom stereocenters. The molecule has 2 aromatic carbocycles. The number of amides is 1. The predicted molar refractivity (Wildman–Crippen MR) is 81.4 cm³/mol. The second-order valence-electron chi connectivity index (χ2n) is 4.86. The van der Waals surface area contributed by atoms with Gasteiger partial charge >= 0.3 is 0 Å². The summed E-state index contributed by atoms with van der Waals surface area (Å²) in [5.41, 5.74) is 1.68. The van der Waals surface area contributed by atoms with Crippen molar-refractivity contribution in [2.24, 2.45) is 0 Å². The number of halogens is 1. The number of aliphatic hydroxyl groups is 1. The Balaban J connectivity index is 1.91. The molecule has 102 valence electrons. The van der Waals surface area contributed by atoms with E-state index in [4.69, 9.17) is 0 Å². The van der Waals surface area contributed by atoms with Gasteiger partial charge in [-0.2, -0.15) is 0 Å². The van der Waals surface area contributed by atoms with Crippen molar-refractivity contribution in [2.75, 3.05) is 4.90 Å². The molecule has 1 aliphatic heterocycles. The number of hydrogen-bond acceptors (Lipinski definition) is 2. The van der Waals surface area contributed by atoms with E-state index in [1.807, 2.05) is 54.6 Å². The van der Waals surface area contributed by atoms with Crippen molar-refractivity contribution in [3.05, 3.63) is 64.6 Å². The Hall–Kier alpha value is -1.65. The van der Waals surface area contributed by atoms with Crippen LogP contribution in [0.4, 0.5) is 5.69 Å². The molecule has 3 nitrogen and oxygen atoms in total. The minimum atomic E-state index is -0.770. The Morgan fingerprint density at radius 2 is 1.70 bits per heavy atom. The molecule has 2 atom stereocenters. The molecule has 0 aromatic heterocycles. The van der Waals surface area contributed by atoms with Crippen molar-refractivity contribution in [1.82, 2.24) is 0 Å². The Kier molecular flexibility index (Phi) is 3.59. The quantitative estimate of drug-likeness (QED) is 0.917. The van der Waals surface area contributed by atoms with E-state index in [-0.39, 0.29) is 11.8 Å². The lowest BCUT2D eigenvalue weighted by molar-refractivity contribution is -0.118. The van der Waals surface area contributed by atoms with E-state index in [1.165, 1.54) is 4.90 Å². The maximum Gasteiger partial charge on any atom is 0.236 e. The number of anilines is 1. The number of carbonyl (C=O) groups is 1. The molecule has 1 saturated heterocycles. The summed E-state index contributed by atoms with van der Waals surface area (Å²) in [5, 5.41) is 10.2. The zero-order valence-electron chi connectivity index (χ0n) is 10.7. The van der Waals surface area contributed by atoms with Gasteiger partial charge in [0, 0.05) is 16.6 Å². The first-order chi connectivity index (χ1) is 9.66. The molecule has 1 N–H and O–H groups in total. The molecular formula is C16H14BrNO2. The van der Waals surface area contributed by atoms with Crippen molar-refractivity contribution in [1.29, 1.82) is 0 Å². The van der Waals surface area contributed by atoms with Gasteiger partial charge in [-0.15, -0.1) is 0 Å². The molecule has 0 saturated carbocycles. The molecule has 3 rings (SSSR count). The molecule has 1 amide bonds. The van der Waals surface area contributed by atoms with Crippen LogP contribution in [0, 0.1) is 0 Å². The van der Waals surface area contributed by atoms with E-state index in [0.29, 0.717) is 6.42 Å². The minimum absolute atomic E-state index is 0.0500. The third-order valence-electron chi connectivity index (χ3n) is 3.59. The van der Waals surface area contributed by atoms with Gasteiger partial charge in [-0.25, -0.2) is 0 Å². The lowest BCUT2D eigenvalue weighted by Crippen LogP contribution is -2.33. The number of aliphatic hydroxyl groups excluding tert-OH is 1. The van der Waals surface area contributed by atoms with Crippen LogP contribution in [-0.2, 0) is 4.79 Å². The lowest BCUT2D eigenvalue weighted by Gasteiger charge is -2.20. The first-order valence-electron chi connectivity index (χ1n) is 6.48. The molecule has 2 aromatic rings. The monoisotopic (exact) mass is 331 g/mol. The molecule has 20 heavy (non-hydrogen) atoms. The standard InChI is InChI=1S/C16H14BrNO2/c17-12-6-8-13(9-7-12)18-15(19)10-14(16(18)20)11-4-2-1-3-5-11/h1-9,14-15,19H,10H2. The van der Waals surface area contributed by atoms with Gasteiger partial charge in [0.2, 0.25) is 5.91 Å². The highest BCUT2D eigenvalue weighted by Crippen LogP contribution is 2.35. The Labute approximate surface area is 126 Å². The summed E-state index contributed by atoms with van der Waals surface area (Å²) >= 11 is 3.37. The van der Waals surface area contributed by atoms with Crippen LogP contribution < -0.4 is 4.90 Å². The van der Waals surface area contributed by atoms with Crippen LogP contribution in [0.2, 0.25) is 0 Å². The largest absolute Gasteiger partial charge is 0.373 e. The maximum atomic E-state index is 12.6. The molecular weight excluding hydrogens is 318 g/mol. The van der Waals surface area contributed by atoms with Crippen LogP contribution in [0.15, 0.2) is 59.1 Å². The van der Waals surface area contributed by atoms with E-state index < -0.39 is 6.23 Å². The van der Waals surface area contributed by atoms with E-state index in [9.17, 15) is 9.90 Å². The minimum Gasteiger partial charge on any atom is -0.373 e. The van der Waals surface area contributed by atoms with Crippen LogP contribution in [0.25, 0.3) is 0 Å². The van der Waals surface area contributed by atoms with Crippen LogP contribution in [0.5, 0.6) is 0 Å². The fourth-order valence-corrected chi connectivity index (χ4v) is 2.86. The number of hydrogen-bond donors (Lipinski definition) is 1. The van der Waals surface area contributed by atoms with Crippen LogP contribution in [0.1, 0.15) is 17.9 Å². The summed E-state index contributed by atoms with van der Waals surface area (Å²) in [6.07, 6.45) is -0.340. The first kappa shape index (κ1) is 13.3. The molecule has 4 heteroatoms.